The van der Waals surface area contributed by atoms with Crippen LogP contribution in [-0.2, 0) is 0 Å². The molecule has 0 spiro atoms. The van der Waals surface area contributed by atoms with Gasteiger partial charge in [0.15, 0.2) is 0 Å². The molecule has 16 aromatic carbocycles. The van der Waals surface area contributed by atoms with Gasteiger partial charge in [0.2, 0.25) is 0 Å². The third-order valence-electron chi connectivity index (χ3n) is 15.9. The minimum Gasteiger partial charge on any atom is -0.0616 e. The van der Waals surface area contributed by atoms with Crippen LogP contribution in [0, 0.1) is 0 Å². The molecular formula is C70H40. The number of benzene rings is 14. The van der Waals surface area contributed by atoms with Crippen molar-refractivity contribution in [2.45, 2.75) is 0 Å². The maximum Gasteiger partial charge on any atom is -0.00134 e. The lowest BCUT2D eigenvalue weighted by molar-refractivity contribution is 1.68. The van der Waals surface area contributed by atoms with Gasteiger partial charge in [0.05, 0.1) is 0 Å². The Hall–Kier alpha value is -9.10. The van der Waals surface area contributed by atoms with Gasteiger partial charge in [0, 0.05) is 0 Å². The van der Waals surface area contributed by atoms with Gasteiger partial charge in [-0.2, -0.15) is 0 Å². The summed E-state index contributed by atoms with van der Waals surface area (Å²) in [5.41, 5.74) is 10.1. The van der Waals surface area contributed by atoms with Crippen molar-refractivity contribution in [1.82, 2.24) is 0 Å². The molecule has 0 aliphatic carbocycles. The van der Waals surface area contributed by atoms with Gasteiger partial charge in [-0.3, -0.25) is 0 Å². The Bertz CT molecular complexity index is 4550. The summed E-state index contributed by atoms with van der Waals surface area (Å²) in [5.74, 6) is 0. The van der Waals surface area contributed by atoms with E-state index in [9.17, 15) is 0 Å². The van der Waals surface area contributed by atoms with E-state index in [4.69, 9.17) is 0 Å². The molecule has 320 valence electrons. The summed E-state index contributed by atoms with van der Waals surface area (Å²) in [6, 6.07) is 91.5. The Morgan fingerprint density at radius 3 is 0.700 bits per heavy atom. The molecule has 0 amide bonds. The van der Waals surface area contributed by atoms with Crippen molar-refractivity contribution in [2.75, 3.05) is 0 Å². The lowest BCUT2D eigenvalue weighted by atomic mass is 9.89. The number of hydrogen-bond donors (Lipinski definition) is 0. The maximum absolute atomic E-state index is 2.57. The van der Waals surface area contributed by atoms with Crippen molar-refractivity contribution < 1.29 is 0 Å². The molecule has 70 heavy (non-hydrogen) atoms. The van der Waals surface area contributed by atoms with E-state index in [-0.39, 0.29) is 0 Å². The summed E-state index contributed by atoms with van der Waals surface area (Å²) in [7, 11) is 0. The van der Waals surface area contributed by atoms with Gasteiger partial charge in [-0.1, -0.05) is 231 Å². The van der Waals surface area contributed by atoms with E-state index in [2.05, 4.69) is 243 Å². The molecule has 0 unspecified atom stereocenters. The maximum atomic E-state index is 2.57. The summed E-state index contributed by atoms with van der Waals surface area (Å²) in [4.78, 5) is 0. The zero-order valence-corrected chi connectivity index (χ0v) is 38.1. The zero-order chi connectivity index (χ0) is 45.6. The van der Waals surface area contributed by atoms with Crippen LogP contribution in [0.15, 0.2) is 243 Å². The molecule has 0 saturated heterocycles. The smallest absolute Gasteiger partial charge is 0.00134 e. The van der Waals surface area contributed by atoms with Crippen LogP contribution >= 0.6 is 0 Å². The third-order valence-corrected chi connectivity index (χ3v) is 15.9. The van der Waals surface area contributed by atoms with Crippen molar-refractivity contribution in [2.24, 2.45) is 0 Å². The third kappa shape index (κ3) is 5.09. The van der Waals surface area contributed by atoms with Crippen LogP contribution in [0.1, 0.15) is 0 Å². The average Bonchev–Trinajstić information content (AvgIpc) is 3.95. The summed E-state index contributed by atoms with van der Waals surface area (Å²) in [6.07, 6.45) is 0. The molecule has 16 aromatic rings. The molecule has 0 bridgehead atoms. The van der Waals surface area contributed by atoms with Gasteiger partial charge in [-0.05, 0) is 175 Å². The van der Waals surface area contributed by atoms with Gasteiger partial charge in [0.1, 0.15) is 0 Å². The standard InChI is InChI=1S/C70H40/c1-5-23-45-41(15-1)19-9-27-49(45)55-35-37-57(51-29-11-21-43-17-3-7-25-47(43)51)69-63-39-61-54-32-14-34-60-66(54)64(40-62(61)53-31-13-33-59(65(53)63)67(55)69)70-58(52-30-12-22-44-18-4-8-26-48(44)52)38-36-56(68(60)70)50-28-10-20-42-16-2-6-24-46(42)50/h1-40H. The monoisotopic (exact) mass is 880 g/mol. The van der Waals surface area contributed by atoms with Crippen LogP contribution in [0.2, 0.25) is 0 Å². The fraction of sp³-hybridized carbons (Fsp3) is 0. The number of rotatable bonds is 4. The minimum absolute atomic E-state index is 1.25. The van der Waals surface area contributed by atoms with Crippen LogP contribution in [0.25, 0.3) is 163 Å². The molecule has 0 fully saturated rings. The van der Waals surface area contributed by atoms with Crippen molar-refractivity contribution in [1.29, 1.82) is 0 Å². The Morgan fingerprint density at radius 2 is 0.371 bits per heavy atom. The van der Waals surface area contributed by atoms with Gasteiger partial charge in [-0.15, -0.1) is 0 Å². The molecule has 0 N–H and O–H groups in total. The average molecular weight is 881 g/mol. The van der Waals surface area contributed by atoms with E-state index >= 15 is 0 Å². The Balaban J connectivity index is 1.10. The van der Waals surface area contributed by atoms with E-state index in [1.54, 1.807) is 0 Å². The van der Waals surface area contributed by atoms with Crippen molar-refractivity contribution in [3.63, 3.8) is 0 Å². The van der Waals surface area contributed by atoms with Gasteiger partial charge >= 0.3 is 0 Å². The van der Waals surface area contributed by atoms with Crippen LogP contribution in [0.4, 0.5) is 0 Å². The van der Waals surface area contributed by atoms with Crippen molar-refractivity contribution in [3.8, 4) is 44.5 Å². The molecule has 16 rings (SSSR count). The summed E-state index contributed by atoms with van der Waals surface area (Å²) < 4.78 is 0. The van der Waals surface area contributed by atoms with E-state index in [1.807, 2.05) is 0 Å². The first-order chi connectivity index (χ1) is 34.8. The van der Waals surface area contributed by atoms with E-state index in [1.165, 1.54) is 163 Å². The topological polar surface area (TPSA) is 0 Å². The van der Waals surface area contributed by atoms with Crippen LogP contribution in [0.5, 0.6) is 0 Å². The first-order valence-electron chi connectivity index (χ1n) is 24.5. The fourth-order valence-electron chi connectivity index (χ4n) is 13.0. The first-order valence-corrected chi connectivity index (χ1v) is 24.5. The molecule has 0 atom stereocenters. The highest BCUT2D eigenvalue weighted by molar-refractivity contribution is 6.45. The predicted molar refractivity (Wildman–Crippen MR) is 303 cm³/mol. The molecule has 0 saturated carbocycles. The molecule has 0 heterocycles. The second kappa shape index (κ2) is 14.2. The summed E-state index contributed by atoms with van der Waals surface area (Å²) in [5, 5.41) is 28.4. The molecule has 0 radical (unpaired) electrons. The van der Waals surface area contributed by atoms with E-state index < -0.39 is 0 Å². The second-order valence-corrected chi connectivity index (χ2v) is 19.3. The first kappa shape index (κ1) is 37.9. The summed E-state index contributed by atoms with van der Waals surface area (Å²) in [6.45, 7) is 0. The Morgan fingerprint density at radius 1 is 0.129 bits per heavy atom. The highest BCUT2D eigenvalue weighted by Gasteiger charge is 2.26. The zero-order valence-electron chi connectivity index (χ0n) is 38.1. The van der Waals surface area contributed by atoms with Gasteiger partial charge in [0.25, 0.3) is 0 Å². The highest BCUT2D eigenvalue weighted by atomic mass is 14.3. The van der Waals surface area contributed by atoms with Gasteiger partial charge < -0.3 is 0 Å². The minimum atomic E-state index is 1.25. The second-order valence-electron chi connectivity index (χ2n) is 19.3. The molecule has 0 aliphatic heterocycles. The Kier molecular flexibility index (Phi) is 7.70. The molecular weight excluding hydrogens is 841 g/mol. The van der Waals surface area contributed by atoms with Crippen molar-refractivity contribution in [3.05, 3.63) is 243 Å². The SMILES string of the molecule is c1ccc2c(-c3ccc(-c4cccc5ccccc45)c4c5cc6c(cc7c8c(-c9cccc%10ccccc9%10)ccc(-c9cccc%10ccccc9%10)c8c8cccc6c87)c6cccc(c34)c65)cccc2c1. The molecule has 0 heteroatoms. The van der Waals surface area contributed by atoms with E-state index in [0.717, 1.165) is 0 Å². The van der Waals surface area contributed by atoms with E-state index in [0.29, 0.717) is 0 Å². The van der Waals surface area contributed by atoms with Crippen LogP contribution in [0.3, 0.4) is 0 Å². The normalized spacial score (nSPS) is 12.3. The molecule has 0 aromatic heterocycles. The fourth-order valence-corrected chi connectivity index (χ4v) is 13.0. The highest BCUT2D eigenvalue weighted by Crippen LogP contribution is 2.54. The predicted octanol–water partition coefficient (Wildman–Crippen LogP) is 19.9. The van der Waals surface area contributed by atoms with Crippen molar-refractivity contribution >= 4 is 118 Å². The van der Waals surface area contributed by atoms with Gasteiger partial charge in [-0.25, -0.2) is 0 Å². The quantitative estimate of drug-likeness (QED) is 0.155. The number of hydrogen-bond acceptors (Lipinski definition) is 0. The lowest BCUT2D eigenvalue weighted by Gasteiger charge is -2.14. The molecule has 0 aliphatic rings. The number of fused-ring (bicyclic) bond motifs is 13. The largest absolute Gasteiger partial charge is 0.0616 e. The molecule has 0 nitrogen and oxygen atoms in total. The van der Waals surface area contributed by atoms with Crippen LogP contribution < -0.4 is 0 Å². The lowest BCUT2D eigenvalue weighted by Crippen LogP contribution is -1.87. The Labute approximate surface area is 403 Å². The summed E-state index contributed by atoms with van der Waals surface area (Å²) >= 11 is 0. The van der Waals surface area contributed by atoms with Crippen LogP contribution in [-0.4, -0.2) is 0 Å².